The van der Waals surface area contributed by atoms with Crippen molar-refractivity contribution in [3.63, 3.8) is 0 Å². The molecule has 0 spiro atoms. The molecule has 0 saturated carbocycles. The van der Waals surface area contributed by atoms with Crippen molar-refractivity contribution in [3.05, 3.63) is 148 Å². The molecular formula is C60H67BN2O. The second-order valence-electron chi connectivity index (χ2n) is 23.9. The van der Waals surface area contributed by atoms with Crippen LogP contribution < -0.4 is 26.2 Å². The lowest BCUT2D eigenvalue weighted by molar-refractivity contribution is 0.332. The van der Waals surface area contributed by atoms with E-state index < -0.39 is 0 Å². The Bertz CT molecular complexity index is 2990. The van der Waals surface area contributed by atoms with E-state index in [1.165, 1.54) is 94.6 Å². The summed E-state index contributed by atoms with van der Waals surface area (Å²) in [6.45, 7) is 35.0. The Labute approximate surface area is 384 Å². The molecule has 0 amide bonds. The first-order chi connectivity index (χ1) is 29.9. The number of rotatable bonds is 3. The van der Waals surface area contributed by atoms with Gasteiger partial charge in [0.2, 0.25) is 5.88 Å². The highest BCUT2D eigenvalue weighted by Gasteiger charge is 2.48. The van der Waals surface area contributed by atoms with E-state index >= 15 is 0 Å². The van der Waals surface area contributed by atoms with Crippen molar-refractivity contribution >= 4 is 68.4 Å². The summed E-state index contributed by atoms with van der Waals surface area (Å²) in [5.74, 6) is 0.925. The third-order valence-electron chi connectivity index (χ3n) is 15.3. The fourth-order valence-corrected chi connectivity index (χ4v) is 11.2. The summed E-state index contributed by atoms with van der Waals surface area (Å²) in [5, 5.41) is 1.23. The fourth-order valence-electron chi connectivity index (χ4n) is 11.2. The Morgan fingerprint density at radius 1 is 0.516 bits per heavy atom. The summed E-state index contributed by atoms with van der Waals surface area (Å²) >= 11 is 0. The van der Waals surface area contributed by atoms with E-state index in [1.54, 1.807) is 0 Å². The predicted molar refractivity (Wildman–Crippen MR) is 277 cm³/mol. The van der Waals surface area contributed by atoms with Crippen LogP contribution in [0.3, 0.4) is 0 Å². The minimum absolute atomic E-state index is 0.0215. The van der Waals surface area contributed by atoms with E-state index in [-0.39, 0.29) is 33.8 Å². The van der Waals surface area contributed by atoms with Gasteiger partial charge in [-0.25, -0.2) is 0 Å². The zero-order valence-electron chi connectivity index (χ0n) is 41.2. The number of nitrogens with zero attached hydrogens (tertiary/aromatic N) is 2. The van der Waals surface area contributed by atoms with E-state index in [0.29, 0.717) is 0 Å². The quantitative estimate of drug-likeness (QED) is 0.165. The normalized spacial score (nSPS) is 16.4. The lowest BCUT2D eigenvalue weighted by Gasteiger charge is -2.43. The van der Waals surface area contributed by atoms with Crippen LogP contribution in [-0.4, -0.2) is 6.71 Å². The van der Waals surface area contributed by atoms with Gasteiger partial charge in [-0.1, -0.05) is 145 Å². The minimum atomic E-state index is -0.0708. The smallest absolute Gasteiger partial charge is 0.257 e. The molecule has 3 aliphatic rings. The molecule has 6 aromatic carbocycles. The number of hydrogen-bond acceptors (Lipinski definition) is 3. The van der Waals surface area contributed by atoms with Crippen molar-refractivity contribution in [3.8, 4) is 11.1 Å². The molecule has 64 heavy (non-hydrogen) atoms. The number of furan rings is 1. The van der Waals surface area contributed by atoms with Gasteiger partial charge in [-0.2, -0.15) is 0 Å². The summed E-state index contributed by atoms with van der Waals surface area (Å²) < 4.78 is 7.51. The number of hydrogen-bond donors (Lipinski definition) is 0. The number of fused-ring (bicyclic) bond motifs is 7. The highest BCUT2D eigenvalue weighted by atomic mass is 16.4. The third kappa shape index (κ3) is 6.60. The second kappa shape index (κ2) is 14.0. The molecule has 4 heteroatoms. The Kier molecular flexibility index (Phi) is 9.30. The van der Waals surface area contributed by atoms with E-state index in [2.05, 4.69) is 223 Å². The van der Waals surface area contributed by atoms with Crippen molar-refractivity contribution in [1.29, 1.82) is 0 Å². The van der Waals surface area contributed by atoms with Gasteiger partial charge in [0, 0.05) is 39.3 Å². The average molecular weight is 843 g/mol. The molecule has 0 saturated heterocycles. The number of anilines is 6. The topological polar surface area (TPSA) is 19.6 Å². The van der Waals surface area contributed by atoms with E-state index in [0.717, 1.165) is 30.0 Å². The van der Waals surface area contributed by atoms with E-state index in [4.69, 9.17) is 4.42 Å². The van der Waals surface area contributed by atoms with Gasteiger partial charge in [0.25, 0.3) is 6.71 Å². The van der Waals surface area contributed by atoms with Crippen LogP contribution in [0.2, 0.25) is 0 Å². The second-order valence-corrected chi connectivity index (χ2v) is 23.9. The standard InChI is InChI=1S/C60H67BN2O/c1-36-17-16-18-37(2)52(36)38-31-49-54-50(32-38)63(43-26-21-40(22-27-43)57(6,7)8)55-53(44-34-45-46(35-51(44)64-55)60(14,15)30-29-59(45,12)13)61(54)47-33-41(58(9,10)11)23-28-48(47)62(49)42-24-19-39(20-25-42)56(3,4)5/h16-28,31-35H,29-30H2,1-15H3. The third-order valence-corrected chi connectivity index (χ3v) is 15.3. The minimum Gasteiger partial charge on any atom is -0.440 e. The Morgan fingerprint density at radius 2 is 1.00 bits per heavy atom. The predicted octanol–water partition coefficient (Wildman–Crippen LogP) is 15.0. The monoisotopic (exact) mass is 843 g/mol. The lowest BCUT2D eigenvalue weighted by Crippen LogP contribution is -2.61. The maximum absolute atomic E-state index is 7.51. The van der Waals surface area contributed by atoms with Crippen LogP contribution in [0.5, 0.6) is 0 Å². The molecule has 0 bridgehead atoms. The first kappa shape index (κ1) is 42.5. The van der Waals surface area contributed by atoms with Crippen LogP contribution >= 0.6 is 0 Å². The number of benzene rings is 6. The molecule has 0 fully saturated rings. The van der Waals surface area contributed by atoms with Crippen LogP contribution in [0.25, 0.3) is 22.1 Å². The first-order valence-corrected chi connectivity index (χ1v) is 23.8. The van der Waals surface area contributed by atoms with Gasteiger partial charge in [-0.3, -0.25) is 4.90 Å². The fraction of sp³-hybridized carbons (Fsp3) is 0.367. The lowest BCUT2D eigenvalue weighted by atomic mass is 9.33. The van der Waals surface area contributed by atoms with Crippen molar-refractivity contribution in [2.24, 2.45) is 0 Å². The van der Waals surface area contributed by atoms with Gasteiger partial charge in [0.1, 0.15) is 5.58 Å². The summed E-state index contributed by atoms with van der Waals surface area (Å²) in [6, 6.07) is 42.6. The molecular weight excluding hydrogens is 775 g/mol. The average Bonchev–Trinajstić information content (AvgIpc) is 3.59. The molecule has 7 aromatic rings. The number of aryl methyl sites for hydroxylation is 2. The van der Waals surface area contributed by atoms with Crippen LogP contribution in [0.15, 0.2) is 114 Å². The van der Waals surface area contributed by atoms with Crippen molar-refractivity contribution in [1.82, 2.24) is 0 Å². The highest BCUT2D eigenvalue weighted by molar-refractivity contribution is 7.01. The summed E-state index contributed by atoms with van der Waals surface area (Å²) in [7, 11) is 0. The molecule has 0 atom stereocenters. The van der Waals surface area contributed by atoms with Gasteiger partial charge in [-0.15, -0.1) is 0 Å². The van der Waals surface area contributed by atoms with Crippen LogP contribution in [-0.2, 0) is 27.1 Å². The molecule has 3 nitrogen and oxygen atoms in total. The van der Waals surface area contributed by atoms with Gasteiger partial charge < -0.3 is 9.32 Å². The van der Waals surface area contributed by atoms with E-state index in [9.17, 15) is 0 Å². The Morgan fingerprint density at radius 3 is 1.53 bits per heavy atom. The first-order valence-electron chi connectivity index (χ1n) is 23.8. The molecule has 1 aromatic heterocycles. The molecule has 326 valence electrons. The molecule has 0 unspecified atom stereocenters. The van der Waals surface area contributed by atoms with Gasteiger partial charge >= 0.3 is 0 Å². The Balaban J connectivity index is 1.37. The zero-order valence-corrected chi connectivity index (χ0v) is 41.2. The van der Waals surface area contributed by atoms with E-state index in [1.807, 2.05) is 0 Å². The van der Waals surface area contributed by atoms with Crippen LogP contribution in [0.1, 0.15) is 142 Å². The summed E-state index contributed by atoms with van der Waals surface area (Å²) in [6.07, 6.45) is 2.31. The van der Waals surface area contributed by atoms with Gasteiger partial charge in [0.15, 0.2) is 0 Å². The maximum atomic E-state index is 7.51. The van der Waals surface area contributed by atoms with Crippen LogP contribution in [0.4, 0.5) is 34.3 Å². The maximum Gasteiger partial charge on any atom is 0.257 e. The molecule has 0 N–H and O–H groups in total. The summed E-state index contributed by atoms with van der Waals surface area (Å²) in [5.41, 5.74) is 22.8. The highest BCUT2D eigenvalue weighted by Crippen LogP contribution is 2.51. The Hall–Kier alpha value is -5.48. The molecule has 3 heterocycles. The van der Waals surface area contributed by atoms with Gasteiger partial charge in [0.05, 0.1) is 0 Å². The largest absolute Gasteiger partial charge is 0.440 e. The van der Waals surface area contributed by atoms with Gasteiger partial charge in [-0.05, 0) is 169 Å². The molecule has 0 radical (unpaired) electrons. The van der Waals surface area contributed by atoms with Crippen molar-refractivity contribution in [2.45, 2.75) is 144 Å². The zero-order chi connectivity index (χ0) is 45.6. The molecule has 1 aliphatic carbocycles. The van der Waals surface area contributed by atoms with Crippen LogP contribution in [0, 0.1) is 13.8 Å². The SMILES string of the molecule is Cc1cccc(C)c1-c1cc2c3c(c1)N(c1ccc(C(C)(C)C)cc1)c1oc4cc5c(cc4c1B3c1cc(C(C)(C)C)ccc1N2c1ccc(C(C)(C)C)cc1)C(C)(C)CCC5(C)C. The molecule has 10 rings (SSSR count). The molecule has 2 aliphatic heterocycles. The summed E-state index contributed by atoms with van der Waals surface area (Å²) in [4.78, 5) is 5.05. The van der Waals surface area contributed by atoms with Crippen molar-refractivity contribution < 1.29 is 4.42 Å². The van der Waals surface area contributed by atoms with Crippen molar-refractivity contribution in [2.75, 3.05) is 9.80 Å².